The van der Waals surface area contributed by atoms with E-state index in [0.717, 1.165) is 18.4 Å². The highest BCUT2D eigenvalue weighted by Crippen LogP contribution is 2.33. The molecule has 0 radical (unpaired) electrons. The van der Waals surface area contributed by atoms with E-state index in [9.17, 15) is 9.59 Å². The van der Waals surface area contributed by atoms with Gasteiger partial charge in [0.1, 0.15) is 15.8 Å². The van der Waals surface area contributed by atoms with E-state index in [1.807, 2.05) is 19.1 Å². The zero-order valence-electron chi connectivity index (χ0n) is 22.8. The first kappa shape index (κ1) is 29.4. The fourth-order valence-corrected chi connectivity index (χ4v) is 5.70. The molecule has 0 unspecified atom stereocenters. The molecular formula is C29H42N4O2S2. The number of thioether (sulfide) groups is 1. The second kappa shape index (κ2) is 14.7. The molecule has 0 bridgehead atoms. The highest BCUT2D eigenvalue weighted by molar-refractivity contribution is 8.26. The molecule has 8 heteroatoms. The molecule has 2 aromatic rings. The number of pyridine rings is 1. The fourth-order valence-electron chi connectivity index (χ4n) is 4.41. The van der Waals surface area contributed by atoms with Gasteiger partial charge >= 0.3 is 0 Å². The number of carbonyl (C=O) groups is 1. The molecule has 1 aliphatic rings. The summed E-state index contributed by atoms with van der Waals surface area (Å²) in [5, 5.41) is 3.31. The minimum Gasteiger partial charge on any atom is -0.369 e. The third kappa shape index (κ3) is 8.40. The van der Waals surface area contributed by atoms with Crippen LogP contribution in [0, 0.1) is 12.8 Å². The predicted molar refractivity (Wildman–Crippen MR) is 161 cm³/mol. The third-order valence-corrected chi connectivity index (χ3v) is 7.95. The molecule has 0 aromatic carbocycles. The Hall–Kier alpha value is -2.19. The lowest BCUT2D eigenvalue weighted by atomic mass is 10.1. The van der Waals surface area contributed by atoms with Gasteiger partial charge in [0.25, 0.3) is 11.5 Å². The maximum atomic E-state index is 13.4. The number of amides is 1. The molecule has 3 heterocycles. The molecule has 1 N–H and O–H groups in total. The van der Waals surface area contributed by atoms with Gasteiger partial charge in [0.15, 0.2) is 0 Å². The Kier molecular flexibility index (Phi) is 11.6. The predicted octanol–water partition coefficient (Wildman–Crippen LogP) is 7.19. The van der Waals surface area contributed by atoms with E-state index < -0.39 is 0 Å². The van der Waals surface area contributed by atoms with Crippen LogP contribution in [0.4, 0.5) is 5.82 Å². The van der Waals surface area contributed by atoms with Gasteiger partial charge in [-0.2, -0.15) is 0 Å². The molecule has 1 aliphatic heterocycles. The summed E-state index contributed by atoms with van der Waals surface area (Å²) >= 11 is 6.81. The average Bonchev–Trinajstić information content (AvgIpc) is 3.13. The normalized spacial score (nSPS) is 15.1. The minimum absolute atomic E-state index is 0.116. The number of carbonyl (C=O) groups excluding carboxylic acids is 1. The van der Waals surface area contributed by atoms with Gasteiger partial charge < -0.3 is 5.32 Å². The Morgan fingerprint density at radius 3 is 2.32 bits per heavy atom. The molecule has 3 rings (SSSR count). The van der Waals surface area contributed by atoms with E-state index in [-0.39, 0.29) is 11.5 Å². The van der Waals surface area contributed by atoms with Crippen LogP contribution in [0.5, 0.6) is 0 Å². The highest BCUT2D eigenvalue weighted by atomic mass is 32.2. The Labute approximate surface area is 231 Å². The average molecular weight is 543 g/mol. The van der Waals surface area contributed by atoms with Crippen LogP contribution in [0.25, 0.3) is 11.7 Å². The van der Waals surface area contributed by atoms with E-state index in [2.05, 4.69) is 26.1 Å². The number of rotatable bonds is 15. The van der Waals surface area contributed by atoms with Gasteiger partial charge in [0.2, 0.25) is 0 Å². The number of aromatic nitrogens is 2. The SMILES string of the molecule is CCCCCCCCCCCCN1C(=O)/C(=C\c2c(NCC(C)C)nc3ccc(C)cn3c2=O)SC1=S. The highest BCUT2D eigenvalue weighted by Gasteiger charge is 2.32. The second-order valence-electron chi connectivity index (χ2n) is 10.4. The molecule has 1 amide bonds. The first-order chi connectivity index (χ1) is 17.8. The Balaban J connectivity index is 1.66. The van der Waals surface area contributed by atoms with Crippen molar-refractivity contribution in [1.29, 1.82) is 0 Å². The van der Waals surface area contributed by atoms with Gasteiger partial charge in [0.05, 0.1) is 10.5 Å². The van der Waals surface area contributed by atoms with Crippen LogP contribution in [0.1, 0.15) is 96.1 Å². The van der Waals surface area contributed by atoms with Crippen LogP contribution in [-0.4, -0.2) is 37.6 Å². The molecule has 0 atom stereocenters. The Bertz CT molecular complexity index is 1170. The smallest absolute Gasteiger partial charge is 0.267 e. The van der Waals surface area contributed by atoms with Gasteiger partial charge in [-0.05, 0) is 37.0 Å². The molecular weight excluding hydrogens is 500 g/mol. The van der Waals surface area contributed by atoms with Crippen molar-refractivity contribution in [2.45, 2.75) is 91.9 Å². The summed E-state index contributed by atoms with van der Waals surface area (Å²) in [7, 11) is 0. The van der Waals surface area contributed by atoms with E-state index in [0.29, 0.717) is 45.3 Å². The number of aryl methyl sites for hydroxylation is 1. The summed E-state index contributed by atoms with van der Waals surface area (Å²) in [5.41, 5.74) is 1.74. The van der Waals surface area contributed by atoms with E-state index in [1.165, 1.54) is 63.1 Å². The topological polar surface area (TPSA) is 66.7 Å². The zero-order chi connectivity index (χ0) is 26.8. The summed E-state index contributed by atoms with van der Waals surface area (Å²) < 4.78 is 2.11. The van der Waals surface area contributed by atoms with Crippen molar-refractivity contribution in [2.75, 3.05) is 18.4 Å². The number of anilines is 1. The first-order valence-electron chi connectivity index (χ1n) is 13.8. The maximum absolute atomic E-state index is 13.4. The number of fused-ring (bicyclic) bond motifs is 1. The van der Waals surface area contributed by atoms with Crippen LogP contribution in [-0.2, 0) is 4.79 Å². The van der Waals surface area contributed by atoms with Crippen molar-refractivity contribution in [3.63, 3.8) is 0 Å². The molecule has 2 aromatic heterocycles. The Morgan fingerprint density at radius 2 is 1.68 bits per heavy atom. The van der Waals surface area contributed by atoms with Gasteiger partial charge in [-0.25, -0.2) is 4.98 Å². The monoisotopic (exact) mass is 542 g/mol. The Morgan fingerprint density at radius 1 is 1.03 bits per heavy atom. The summed E-state index contributed by atoms with van der Waals surface area (Å²) in [6.45, 7) is 9.69. The van der Waals surface area contributed by atoms with Crippen LogP contribution in [0.15, 0.2) is 28.0 Å². The van der Waals surface area contributed by atoms with E-state index in [1.54, 1.807) is 21.6 Å². The van der Waals surface area contributed by atoms with Crippen molar-refractivity contribution in [2.24, 2.45) is 5.92 Å². The van der Waals surface area contributed by atoms with Gasteiger partial charge in [-0.1, -0.05) is 109 Å². The lowest BCUT2D eigenvalue weighted by Gasteiger charge is -2.14. The van der Waals surface area contributed by atoms with Crippen molar-refractivity contribution in [3.8, 4) is 0 Å². The van der Waals surface area contributed by atoms with E-state index >= 15 is 0 Å². The molecule has 0 saturated carbocycles. The van der Waals surface area contributed by atoms with Crippen molar-refractivity contribution >= 4 is 51.7 Å². The van der Waals surface area contributed by atoms with Crippen molar-refractivity contribution in [3.05, 3.63) is 44.7 Å². The van der Waals surface area contributed by atoms with Gasteiger partial charge in [-0.15, -0.1) is 0 Å². The largest absolute Gasteiger partial charge is 0.369 e. The lowest BCUT2D eigenvalue weighted by molar-refractivity contribution is -0.122. The fraction of sp³-hybridized carbons (Fsp3) is 0.586. The first-order valence-corrected chi connectivity index (χ1v) is 15.1. The number of unbranched alkanes of at least 4 members (excludes halogenated alkanes) is 9. The van der Waals surface area contributed by atoms with Gasteiger partial charge in [0, 0.05) is 19.3 Å². The quantitative estimate of drug-likeness (QED) is 0.146. The van der Waals surface area contributed by atoms with E-state index in [4.69, 9.17) is 17.2 Å². The number of hydrogen-bond donors (Lipinski definition) is 1. The summed E-state index contributed by atoms with van der Waals surface area (Å²) in [6, 6.07) is 3.78. The summed E-state index contributed by atoms with van der Waals surface area (Å²) in [5.74, 6) is 0.766. The number of nitrogens with zero attached hydrogens (tertiary/aromatic N) is 3. The summed E-state index contributed by atoms with van der Waals surface area (Å²) in [6.07, 6.45) is 15.9. The molecule has 1 saturated heterocycles. The summed E-state index contributed by atoms with van der Waals surface area (Å²) in [4.78, 5) is 33.5. The zero-order valence-corrected chi connectivity index (χ0v) is 24.5. The molecule has 1 fully saturated rings. The molecule has 0 spiro atoms. The van der Waals surface area contributed by atoms with Crippen molar-refractivity contribution in [1.82, 2.24) is 14.3 Å². The maximum Gasteiger partial charge on any atom is 0.267 e. The lowest BCUT2D eigenvalue weighted by Crippen LogP contribution is -2.29. The second-order valence-corrected chi connectivity index (χ2v) is 12.1. The minimum atomic E-state index is -0.195. The molecule has 0 aliphatic carbocycles. The molecule has 202 valence electrons. The standard InChI is InChI=1S/C29H42N4O2S2/c1-5-6-7-8-9-10-11-12-13-14-17-32-28(35)24(37-29(32)36)18-23-26(30-19-21(2)3)31-25-16-15-22(4)20-33(25)27(23)34/h15-16,18,20-21,30H,5-14,17,19H2,1-4H3/b24-18+. The van der Waals surface area contributed by atoms with Crippen molar-refractivity contribution < 1.29 is 4.79 Å². The van der Waals surface area contributed by atoms with Crippen LogP contribution in [0.2, 0.25) is 0 Å². The number of thiocarbonyl (C=S) groups is 1. The van der Waals surface area contributed by atoms with Gasteiger partial charge in [-0.3, -0.25) is 18.9 Å². The number of hydrogen-bond acceptors (Lipinski definition) is 6. The molecule has 6 nitrogen and oxygen atoms in total. The molecule has 37 heavy (non-hydrogen) atoms. The third-order valence-electron chi connectivity index (χ3n) is 6.57. The number of nitrogens with one attached hydrogen (secondary N) is 1. The van der Waals surface area contributed by atoms with Crippen LogP contribution in [0.3, 0.4) is 0 Å². The van der Waals surface area contributed by atoms with Crippen LogP contribution < -0.4 is 10.9 Å². The van der Waals surface area contributed by atoms with Crippen LogP contribution >= 0.6 is 24.0 Å².